The Labute approximate surface area is 191 Å². The number of rotatable bonds is 6. The molecule has 0 unspecified atom stereocenters. The lowest BCUT2D eigenvalue weighted by Crippen LogP contribution is -2.08. The van der Waals surface area contributed by atoms with Gasteiger partial charge in [-0.3, -0.25) is 0 Å². The lowest BCUT2D eigenvalue weighted by Gasteiger charge is -2.18. The zero-order chi connectivity index (χ0) is 21.8. The molecule has 0 fully saturated rings. The van der Waals surface area contributed by atoms with E-state index in [9.17, 15) is 0 Å². The van der Waals surface area contributed by atoms with Crippen LogP contribution in [0.25, 0.3) is 5.69 Å². The molecule has 1 N–H and O–H groups in total. The molecular formula is C29H31N3. The van der Waals surface area contributed by atoms with Crippen LogP contribution < -0.4 is 5.32 Å². The van der Waals surface area contributed by atoms with Gasteiger partial charge in [-0.2, -0.15) is 5.10 Å². The molecule has 32 heavy (non-hydrogen) atoms. The van der Waals surface area contributed by atoms with E-state index >= 15 is 0 Å². The molecule has 0 radical (unpaired) electrons. The number of nitrogens with one attached hydrogen (secondary N) is 1. The number of aromatic nitrogens is 2. The second kappa shape index (κ2) is 9.44. The van der Waals surface area contributed by atoms with E-state index in [1.165, 1.54) is 46.6 Å². The van der Waals surface area contributed by atoms with E-state index in [0.29, 0.717) is 0 Å². The zero-order valence-corrected chi connectivity index (χ0v) is 18.8. The molecule has 162 valence electrons. The van der Waals surface area contributed by atoms with Crippen molar-refractivity contribution in [2.24, 2.45) is 0 Å². The summed E-state index contributed by atoms with van der Waals surface area (Å²) in [6.07, 6.45) is 5.44. The smallest absolute Gasteiger partial charge is 0.133 e. The standard InChI is InChI=1S/C29H31N3/c1-2-22-16-18-25(19-17-22)32-29-26(15-9-10-20-30-29)28(31-32)21-27(23-11-5-3-6-12-23)24-13-7-4-8-14-24/h3-8,11-14,16-19,27,30H,2,9-10,15,20-21H2,1H3. The summed E-state index contributed by atoms with van der Waals surface area (Å²) in [5, 5.41) is 8.90. The highest BCUT2D eigenvalue weighted by Gasteiger charge is 2.24. The van der Waals surface area contributed by atoms with E-state index < -0.39 is 0 Å². The summed E-state index contributed by atoms with van der Waals surface area (Å²) in [7, 11) is 0. The maximum absolute atomic E-state index is 5.20. The minimum absolute atomic E-state index is 0.288. The van der Waals surface area contributed by atoms with Gasteiger partial charge in [0.1, 0.15) is 5.82 Å². The first kappa shape index (κ1) is 20.6. The SMILES string of the molecule is CCc1ccc(-n2nc(CC(c3ccccc3)c3ccccc3)c3c2NCCCC3)cc1. The third-order valence-corrected chi connectivity index (χ3v) is 6.60. The number of hydrogen-bond acceptors (Lipinski definition) is 2. The summed E-state index contributed by atoms with van der Waals surface area (Å²) in [5.74, 6) is 1.47. The molecule has 3 aromatic carbocycles. The van der Waals surface area contributed by atoms with Crippen LogP contribution in [0.15, 0.2) is 84.9 Å². The summed E-state index contributed by atoms with van der Waals surface area (Å²) in [6.45, 7) is 3.20. The Hall–Kier alpha value is -3.33. The van der Waals surface area contributed by atoms with Crippen LogP contribution in [-0.4, -0.2) is 16.3 Å². The molecule has 1 aliphatic rings. The fraction of sp³-hybridized carbons (Fsp3) is 0.276. The number of anilines is 1. The Morgan fingerprint density at radius 3 is 2.12 bits per heavy atom. The van der Waals surface area contributed by atoms with Crippen molar-refractivity contribution in [3.63, 3.8) is 0 Å². The number of nitrogens with zero attached hydrogens (tertiary/aromatic N) is 2. The molecule has 1 aliphatic heterocycles. The summed E-state index contributed by atoms with van der Waals surface area (Å²) in [4.78, 5) is 0. The fourth-order valence-corrected chi connectivity index (χ4v) is 4.79. The van der Waals surface area contributed by atoms with E-state index in [2.05, 4.69) is 102 Å². The van der Waals surface area contributed by atoms with E-state index in [1.807, 2.05) is 0 Å². The van der Waals surface area contributed by atoms with E-state index in [-0.39, 0.29) is 5.92 Å². The zero-order valence-electron chi connectivity index (χ0n) is 18.8. The van der Waals surface area contributed by atoms with Gasteiger partial charge in [-0.1, -0.05) is 79.7 Å². The topological polar surface area (TPSA) is 29.9 Å². The van der Waals surface area contributed by atoms with E-state index in [1.54, 1.807) is 0 Å². The fourth-order valence-electron chi connectivity index (χ4n) is 4.79. The van der Waals surface area contributed by atoms with Crippen molar-refractivity contribution in [2.45, 2.75) is 44.9 Å². The van der Waals surface area contributed by atoms with Crippen LogP contribution in [0.1, 0.15) is 53.6 Å². The van der Waals surface area contributed by atoms with Gasteiger partial charge in [0.2, 0.25) is 0 Å². The molecule has 3 nitrogen and oxygen atoms in total. The average Bonchev–Trinajstić information content (AvgIpc) is 3.02. The molecule has 0 spiro atoms. The summed E-state index contributed by atoms with van der Waals surface area (Å²) in [5.41, 5.74) is 7.78. The molecule has 0 bridgehead atoms. The third-order valence-electron chi connectivity index (χ3n) is 6.60. The first-order valence-corrected chi connectivity index (χ1v) is 11.9. The van der Waals surface area contributed by atoms with Gasteiger partial charge < -0.3 is 5.32 Å². The maximum atomic E-state index is 5.20. The maximum Gasteiger partial charge on any atom is 0.133 e. The van der Waals surface area contributed by atoms with Gasteiger partial charge >= 0.3 is 0 Å². The average molecular weight is 422 g/mol. The van der Waals surface area contributed by atoms with Crippen molar-refractivity contribution in [1.82, 2.24) is 9.78 Å². The molecule has 2 heterocycles. The van der Waals surface area contributed by atoms with Crippen LogP contribution in [0.4, 0.5) is 5.82 Å². The molecule has 0 atom stereocenters. The number of hydrogen-bond donors (Lipinski definition) is 1. The Balaban J connectivity index is 1.58. The third kappa shape index (κ3) is 4.20. The number of aryl methyl sites for hydroxylation is 1. The van der Waals surface area contributed by atoms with E-state index in [4.69, 9.17) is 5.10 Å². The van der Waals surface area contributed by atoms with Gasteiger partial charge in [-0.25, -0.2) is 4.68 Å². The largest absolute Gasteiger partial charge is 0.370 e. The first-order valence-electron chi connectivity index (χ1n) is 11.9. The Morgan fingerprint density at radius 2 is 1.50 bits per heavy atom. The lowest BCUT2D eigenvalue weighted by molar-refractivity contribution is 0.727. The van der Waals surface area contributed by atoms with Crippen molar-refractivity contribution in [1.29, 1.82) is 0 Å². The molecule has 5 rings (SSSR count). The van der Waals surface area contributed by atoms with Crippen LogP contribution in [0.3, 0.4) is 0 Å². The Kier molecular flexibility index (Phi) is 6.06. The van der Waals surface area contributed by atoms with Crippen LogP contribution in [0.2, 0.25) is 0 Å². The van der Waals surface area contributed by atoms with E-state index in [0.717, 1.165) is 31.5 Å². The molecule has 0 aliphatic carbocycles. The van der Waals surface area contributed by atoms with Gasteiger partial charge in [0.15, 0.2) is 0 Å². The van der Waals surface area contributed by atoms with Crippen molar-refractivity contribution < 1.29 is 0 Å². The highest BCUT2D eigenvalue weighted by molar-refractivity contribution is 5.55. The molecule has 1 aromatic heterocycles. The summed E-state index contributed by atoms with van der Waals surface area (Å²) in [6, 6.07) is 30.6. The molecule has 0 saturated carbocycles. The Bertz CT molecular complexity index is 1100. The second-order valence-corrected chi connectivity index (χ2v) is 8.67. The molecule has 0 amide bonds. The first-order chi connectivity index (χ1) is 15.8. The van der Waals surface area contributed by atoms with Gasteiger partial charge in [-0.15, -0.1) is 0 Å². The minimum Gasteiger partial charge on any atom is -0.370 e. The van der Waals surface area contributed by atoms with Crippen molar-refractivity contribution in [2.75, 3.05) is 11.9 Å². The second-order valence-electron chi connectivity index (χ2n) is 8.67. The van der Waals surface area contributed by atoms with Gasteiger partial charge in [0.25, 0.3) is 0 Å². The molecule has 4 aromatic rings. The van der Waals surface area contributed by atoms with Crippen LogP contribution in [-0.2, 0) is 19.3 Å². The lowest BCUT2D eigenvalue weighted by atomic mass is 9.86. The quantitative estimate of drug-likeness (QED) is 0.382. The van der Waals surface area contributed by atoms with Crippen LogP contribution >= 0.6 is 0 Å². The van der Waals surface area contributed by atoms with Gasteiger partial charge in [0.05, 0.1) is 11.4 Å². The molecule has 3 heteroatoms. The normalized spacial score (nSPS) is 13.4. The highest BCUT2D eigenvalue weighted by atomic mass is 15.3. The van der Waals surface area contributed by atoms with Crippen molar-refractivity contribution in [3.05, 3.63) is 113 Å². The van der Waals surface area contributed by atoms with Crippen LogP contribution in [0, 0.1) is 0 Å². The Morgan fingerprint density at radius 1 is 0.844 bits per heavy atom. The summed E-state index contributed by atoms with van der Waals surface area (Å²) >= 11 is 0. The van der Waals surface area contributed by atoms with Gasteiger partial charge in [0, 0.05) is 24.4 Å². The molecule has 0 saturated heterocycles. The number of benzene rings is 3. The number of fused-ring (bicyclic) bond motifs is 1. The monoisotopic (exact) mass is 421 g/mol. The van der Waals surface area contributed by atoms with Crippen LogP contribution in [0.5, 0.6) is 0 Å². The predicted octanol–water partition coefficient (Wildman–Crippen LogP) is 6.56. The minimum atomic E-state index is 0.288. The van der Waals surface area contributed by atoms with Crippen molar-refractivity contribution >= 4 is 5.82 Å². The predicted molar refractivity (Wildman–Crippen MR) is 133 cm³/mol. The molecular weight excluding hydrogens is 390 g/mol. The highest BCUT2D eigenvalue weighted by Crippen LogP contribution is 2.34. The summed E-state index contributed by atoms with van der Waals surface area (Å²) < 4.78 is 2.14. The van der Waals surface area contributed by atoms with Crippen molar-refractivity contribution in [3.8, 4) is 5.69 Å². The van der Waals surface area contributed by atoms with Gasteiger partial charge in [-0.05, 0) is 54.5 Å².